The van der Waals surface area contributed by atoms with E-state index in [1.807, 2.05) is 6.92 Å². The van der Waals surface area contributed by atoms with Crippen LogP contribution in [0, 0.1) is 0 Å². The van der Waals surface area contributed by atoms with Gasteiger partial charge in [0, 0.05) is 25.3 Å². The summed E-state index contributed by atoms with van der Waals surface area (Å²) in [4.78, 5) is 18.0. The number of pyridine rings is 1. The van der Waals surface area contributed by atoms with Crippen molar-refractivity contribution >= 4 is 29.1 Å². The van der Waals surface area contributed by atoms with E-state index in [0.717, 1.165) is 19.4 Å². The lowest BCUT2D eigenvalue weighted by Crippen LogP contribution is -2.43. The third-order valence-corrected chi connectivity index (χ3v) is 3.46. The van der Waals surface area contributed by atoms with Gasteiger partial charge in [0.25, 0.3) is 5.91 Å². The number of hydrogen-bond donors (Lipinski definition) is 0. The second-order valence-corrected chi connectivity index (χ2v) is 5.25. The number of carbonyl (C=O) groups is 1. The Hall–Kier alpha value is -0.840. The van der Waals surface area contributed by atoms with Gasteiger partial charge in [-0.2, -0.15) is 0 Å². The van der Waals surface area contributed by atoms with Crippen LogP contribution in [0.25, 0.3) is 0 Å². The lowest BCUT2D eigenvalue weighted by Gasteiger charge is -2.32. The van der Waals surface area contributed by atoms with Crippen LogP contribution in [0.15, 0.2) is 12.1 Å². The molecule has 2 rings (SSSR count). The van der Waals surface area contributed by atoms with Gasteiger partial charge < -0.3 is 9.64 Å². The van der Waals surface area contributed by atoms with Crippen molar-refractivity contribution in [2.45, 2.75) is 25.9 Å². The first-order valence-electron chi connectivity index (χ1n) is 6.34. The summed E-state index contributed by atoms with van der Waals surface area (Å²) in [5, 5.41) is 0.462. The minimum absolute atomic E-state index is 0.0735. The highest BCUT2D eigenvalue weighted by molar-refractivity contribution is 6.33. The molecule has 0 bridgehead atoms. The van der Waals surface area contributed by atoms with Crippen LogP contribution in [0.3, 0.4) is 0 Å². The van der Waals surface area contributed by atoms with Crippen LogP contribution in [0.5, 0.6) is 0 Å². The molecule has 1 aromatic rings. The normalized spacial score (nSPS) is 19.5. The van der Waals surface area contributed by atoms with Gasteiger partial charge in [-0.25, -0.2) is 4.98 Å². The monoisotopic (exact) mass is 302 g/mol. The fraction of sp³-hybridized carbons (Fsp3) is 0.538. The van der Waals surface area contributed by atoms with Crippen molar-refractivity contribution in [1.82, 2.24) is 9.88 Å². The summed E-state index contributed by atoms with van der Waals surface area (Å²) in [5.41, 5.74) is 0.474. The smallest absolute Gasteiger partial charge is 0.254 e. The highest BCUT2D eigenvalue weighted by atomic mass is 35.5. The van der Waals surface area contributed by atoms with Crippen molar-refractivity contribution in [2.75, 3.05) is 19.7 Å². The molecule has 1 atom stereocenters. The molecule has 104 valence electrons. The van der Waals surface area contributed by atoms with Crippen molar-refractivity contribution < 1.29 is 9.53 Å². The number of ether oxygens (including phenoxy) is 1. The molecule has 1 aromatic heterocycles. The molecule has 1 aliphatic heterocycles. The van der Waals surface area contributed by atoms with E-state index in [1.165, 1.54) is 0 Å². The summed E-state index contributed by atoms with van der Waals surface area (Å²) >= 11 is 11.6. The van der Waals surface area contributed by atoms with E-state index in [0.29, 0.717) is 18.7 Å². The summed E-state index contributed by atoms with van der Waals surface area (Å²) in [5.74, 6) is -0.0735. The first-order valence-corrected chi connectivity index (χ1v) is 7.09. The summed E-state index contributed by atoms with van der Waals surface area (Å²) in [7, 11) is 0. The number of aromatic nitrogens is 1. The zero-order valence-electron chi connectivity index (χ0n) is 10.7. The molecular formula is C13H16Cl2N2O2. The summed E-state index contributed by atoms with van der Waals surface area (Å²) in [6.45, 7) is 3.98. The van der Waals surface area contributed by atoms with Crippen LogP contribution < -0.4 is 0 Å². The van der Waals surface area contributed by atoms with Gasteiger partial charge in [-0.05, 0) is 31.9 Å². The molecule has 1 aliphatic rings. The van der Waals surface area contributed by atoms with E-state index < -0.39 is 0 Å². The van der Waals surface area contributed by atoms with Gasteiger partial charge in [0.2, 0.25) is 0 Å². The minimum Gasteiger partial charge on any atom is -0.377 e. The van der Waals surface area contributed by atoms with Crippen LogP contribution in [0.1, 0.15) is 30.1 Å². The Kier molecular flexibility index (Phi) is 5.02. The fourth-order valence-corrected chi connectivity index (χ4v) is 2.73. The minimum atomic E-state index is -0.0735. The lowest BCUT2D eigenvalue weighted by molar-refractivity contribution is 0.00724. The summed E-state index contributed by atoms with van der Waals surface area (Å²) in [6, 6.07) is 3.08. The van der Waals surface area contributed by atoms with Gasteiger partial charge in [-0.1, -0.05) is 23.2 Å². The van der Waals surface area contributed by atoms with Crippen LogP contribution >= 0.6 is 23.2 Å². The highest BCUT2D eigenvalue weighted by Gasteiger charge is 2.25. The number of likely N-dealkylation sites (tertiary alicyclic amines) is 1. The third-order valence-electron chi connectivity index (χ3n) is 3.08. The zero-order valence-corrected chi connectivity index (χ0v) is 12.2. The Balaban J connectivity index is 2.10. The summed E-state index contributed by atoms with van der Waals surface area (Å²) < 4.78 is 5.59. The van der Waals surface area contributed by atoms with Crippen LogP contribution in [0.4, 0.5) is 0 Å². The molecule has 19 heavy (non-hydrogen) atoms. The van der Waals surface area contributed by atoms with E-state index in [9.17, 15) is 4.79 Å². The summed E-state index contributed by atoms with van der Waals surface area (Å²) in [6.07, 6.45) is 2.06. The fourth-order valence-electron chi connectivity index (χ4n) is 2.27. The molecule has 1 saturated heterocycles. The zero-order chi connectivity index (χ0) is 13.8. The number of halogens is 2. The second kappa shape index (κ2) is 6.55. The second-order valence-electron chi connectivity index (χ2n) is 4.47. The molecule has 0 radical (unpaired) electrons. The Morgan fingerprint density at radius 3 is 2.79 bits per heavy atom. The number of rotatable bonds is 3. The maximum atomic E-state index is 12.4. The molecule has 0 spiro atoms. The number of piperidine rings is 1. The number of nitrogens with zero attached hydrogens (tertiary/aromatic N) is 2. The van der Waals surface area contributed by atoms with Crippen molar-refractivity contribution in [2.24, 2.45) is 0 Å². The Morgan fingerprint density at radius 1 is 1.47 bits per heavy atom. The van der Waals surface area contributed by atoms with Crippen molar-refractivity contribution in [3.8, 4) is 0 Å². The van der Waals surface area contributed by atoms with E-state index in [1.54, 1.807) is 17.0 Å². The number of carbonyl (C=O) groups excluding carboxylic acids is 1. The first-order chi connectivity index (χ1) is 9.10. The standard InChI is InChI=1S/C13H16Cl2N2O2/c1-2-19-10-4-3-5-17(8-10)13(18)9-6-11(14)16-12(15)7-9/h6-7,10H,2-5,8H2,1H3. The number of amides is 1. The Bertz CT molecular complexity index is 446. The molecule has 2 heterocycles. The van der Waals surface area contributed by atoms with Crippen molar-refractivity contribution in [3.05, 3.63) is 28.0 Å². The molecule has 4 nitrogen and oxygen atoms in total. The average Bonchev–Trinajstić information content (AvgIpc) is 2.37. The van der Waals surface area contributed by atoms with E-state index in [4.69, 9.17) is 27.9 Å². The van der Waals surface area contributed by atoms with E-state index in [2.05, 4.69) is 4.98 Å². The molecule has 0 aliphatic carbocycles. The highest BCUT2D eigenvalue weighted by Crippen LogP contribution is 2.19. The molecule has 0 aromatic carbocycles. The van der Waals surface area contributed by atoms with Gasteiger partial charge in [0.05, 0.1) is 6.10 Å². The van der Waals surface area contributed by atoms with Crippen molar-refractivity contribution in [1.29, 1.82) is 0 Å². The van der Waals surface area contributed by atoms with Gasteiger partial charge in [0.1, 0.15) is 10.3 Å². The average molecular weight is 303 g/mol. The van der Waals surface area contributed by atoms with Gasteiger partial charge in [-0.15, -0.1) is 0 Å². The largest absolute Gasteiger partial charge is 0.377 e. The molecule has 0 N–H and O–H groups in total. The SMILES string of the molecule is CCOC1CCCN(C(=O)c2cc(Cl)nc(Cl)c2)C1. The van der Waals surface area contributed by atoms with Gasteiger partial charge in [0.15, 0.2) is 0 Å². The van der Waals surface area contributed by atoms with Crippen LogP contribution in [-0.4, -0.2) is 41.6 Å². The predicted octanol–water partition coefficient (Wildman–Crippen LogP) is 3.03. The molecule has 1 fully saturated rings. The molecule has 0 saturated carbocycles. The van der Waals surface area contributed by atoms with Crippen LogP contribution in [0.2, 0.25) is 10.3 Å². The molecule has 1 unspecified atom stereocenters. The Labute approximate surface area is 122 Å². The van der Waals surface area contributed by atoms with E-state index in [-0.39, 0.29) is 22.3 Å². The lowest BCUT2D eigenvalue weighted by atomic mass is 10.1. The number of hydrogen-bond acceptors (Lipinski definition) is 3. The first kappa shape index (κ1) is 14.6. The van der Waals surface area contributed by atoms with Gasteiger partial charge >= 0.3 is 0 Å². The van der Waals surface area contributed by atoms with Crippen LogP contribution in [-0.2, 0) is 4.74 Å². The van der Waals surface area contributed by atoms with Gasteiger partial charge in [-0.3, -0.25) is 4.79 Å². The quantitative estimate of drug-likeness (QED) is 0.806. The molecule has 6 heteroatoms. The maximum Gasteiger partial charge on any atom is 0.254 e. The molecule has 1 amide bonds. The van der Waals surface area contributed by atoms with E-state index >= 15 is 0 Å². The Morgan fingerprint density at radius 2 is 2.16 bits per heavy atom. The predicted molar refractivity (Wildman–Crippen MR) is 74.8 cm³/mol. The van der Waals surface area contributed by atoms with Crippen molar-refractivity contribution in [3.63, 3.8) is 0 Å². The topological polar surface area (TPSA) is 42.4 Å². The third kappa shape index (κ3) is 3.81. The maximum absolute atomic E-state index is 12.4. The molecular weight excluding hydrogens is 287 g/mol.